The number of carbonyl (C=O) groups excluding carboxylic acids is 1. The van der Waals surface area contributed by atoms with Gasteiger partial charge in [-0.1, -0.05) is 12.1 Å². The van der Waals surface area contributed by atoms with E-state index >= 15 is 0 Å². The van der Waals surface area contributed by atoms with E-state index in [-0.39, 0.29) is 5.78 Å². The molecule has 2 aliphatic heterocycles. The second-order valence-corrected chi connectivity index (χ2v) is 4.59. The van der Waals surface area contributed by atoms with Crippen molar-refractivity contribution in [3.63, 3.8) is 0 Å². The van der Waals surface area contributed by atoms with Crippen LogP contribution >= 0.6 is 0 Å². The molecule has 1 fully saturated rings. The van der Waals surface area contributed by atoms with Crippen molar-refractivity contribution in [2.45, 2.75) is 18.8 Å². The van der Waals surface area contributed by atoms with Crippen LogP contribution in [0.4, 0.5) is 5.69 Å². The Hall–Kier alpha value is -1.35. The quantitative estimate of drug-likeness (QED) is 0.751. The van der Waals surface area contributed by atoms with Gasteiger partial charge in [0.05, 0.1) is 6.54 Å². The SMILES string of the molecule is O=C1CNc2cccc(C3CCCNC3)c21. The zero-order valence-corrected chi connectivity index (χ0v) is 9.25. The Morgan fingerprint density at radius 3 is 3.06 bits per heavy atom. The van der Waals surface area contributed by atoms with Gasteiger partial charge in [-0.3, -0.25) is 4.79 Å². The number of anilines is 1. The third-order valence-electron chi connectivity index (χ3n) is 3.55. The number of piperidine rings is 1. The summed E-state index contributed by atoms with van der Waals surface area (Å²) in [7, 11) is 0. The van der Waals surface area contributed by atoms with Crippen molar-refractivity contribution in [3.8, 4) is 0 Å². The molecule has 3 rings (SSSR count). The van der Waals surface area contributed by atoms with E-state index < -0.39 is 0 Å². The first-order valence-corrected chi connectivity index (χ1v) is 5.97. The average Bonchev–Trinajstić information content (AvgIpc) is 2.73. The fourth-order valence-corrected chi connectivity index (χ4v) is 2.75. The number of fused-ring (bicyclic) bond motifs is 1. The fourth-order valence-electron chi connectivity index (χ4n) is 2.75. The fraction of sp³-hybridized carbons (Fsp3) is 0.462. The van der Waals surface area contributed by atoms with Gasteiger partial charge in [0, 0.05) is 17.8 Å². The van der Waals surface area contributed by atoms with Gasteiger partial charge in [-0.15, -0.1) is 0 Å². The molecule has 0 bridgehead atoms. The standard InChI is InChI=1S/C13H16N2O/c16-12-8-15-11-5-1-4-10(13(11)12)9-3-2-6-14-7-9/h1,4-5,9,14-15H,2-3,6-8H2. The lowest BCUT2D eigenvalue weighted by Crippen LogP contribution is -2.29. The predicted octanol–water partition coefficient (Wildman–Crippen LogP) is 1.76. The third kappa shape index (κ3) is 1.52. The second kappa shape index (κ2) is 3.91. The Morgan fingerprint density at radius 1 is 1.31 bits per heavy atom. The van der Waals surface area contributed by atoms with E-state index in [1.165, 1.54) is 18.4 Å². The van der Waals surface area contributed by atoms with Crippen molar-refractivity contribution in [2.24, 2.45) is 0 Å². The minimum absolute atomic E-state index is 0.246. The molecule has 2 heterocycles. The number of Topliss-reactive ketones (excluding diaryl/α,β-unsaturated/α-hetero) is 1. The van der Waals surface area contributed by atoms with Gasteiger partial charge >= 0.3 is 0 Å². The molecule has 0 radical (unpaired) electrons. The first-order valence-electron chi connectivity index (χ1n) is 5.97. The maximum absolute atomic E-state index is 11.8. The maximum Gasteiger partial charge on any atom is 0.184 e. The summed E-state index contributed by atoms with van der Waals surface area (Å²) in [5.74, 6) is 0.753. The Morgan fingerprint density at radius 2 is 2.25 bits per heavy atom. The molecule has 0 amide bonds. The Kier molecular flexibility index (Phi) is 2.40. The molecule has 0 aliphatic carbocycles. The van der Waals surface area contributed by atoms with Gasteiger partial charge in [0.1, 0.15) is 0 Å². The van der Waals surface area contributed by atoms with E-state index in [0.29, 0.717) is 12.5 Å². The van der Waals surface area contributed by atoms with Crippen LogP contribution < -0.4 is 10.6 Å². The molecule has 1 unspecified atom stereocenters. The van der Waals surface area contributed by atoms with E-state index in [9.17, 15) is 4.79 Å². The van der Waals surface area contributed by atoms with Gasteiger partial charge in [-0.05, 0) is 36.9 Å². The van der Waals surface area contributed by atoms with E-state index in [1.54, 1.807) is 0 Å². The van der Waals surface area contributed by atoms with Gasteiger partial charge in [0.2, 0.25) is 0 Å². The molecule has 1 atom stereocenters. The van der Waals surface area contributed by atoms with Crippen LogP contribution in [0.5, 0.6) is 0 Å². The van der Waals surface area contributed by atoms with E-state index in [2.05, 4.69) is 16.7 Å². The summed E-state index contributed by atoms with van der Waals surface area (Å²) in [5.41, 5.74) is 3.20. The zero-order chi connectivity index (χ0) is 11.0. The summed E-state index contributed by atoms with van der Waals surface area (Å²) in [4.78, 5) is 11.8. The van der Waals surface area contributed by atoms with Gasteiger partial charge in [-0.2, -0.15) is 0 Å². The normalized spacial score (nSPS) is 24.0. The number of nitrogens with one attached hydrogen (secondary N) is 2. The maximum atomic E-state index is 11.8. The Balaban J connectivity index is 2.00. The summed E-state index contributed by atoms with van der Waals surface area (Å²) in [6, 6.07) is 6.16. The van der Waals surface area contributed by atoms with E-state index in [4.69, 9.17) is 0 Å². The highest BCUT2D eigenvalue weighted by Crippen LogP contribution is 2.33. The Labute approximate surface area is 95.2 Å². The van der Waals surface area contributed by atoms with Crippen molar-refractivity contribution in [1.29, 1.82) is 0 Å². The molecule has 0 spiro atoms. The number of hydrogen-bond donors (Lipinski definition) is 2. The molecule has 16 heavy (non-hydrogen) atoms. The van der Waals surface area contributed by atoms with Crippen molar-refractivity contribution in [1.82, 2.24) is 5.32 Å². The van der Waals surface area contributed by atoms with Crippen molar-refractivity contribution < 1.29 is 4.79 Å². The van der Waals surface area contributed by atoms with Crippen LogP contribution in [0.2, 0.25) is 0 Å². The molecule has 2 aliphatic rings. The molecule has 3 nitrogen and oxygen atoms in total. The number of rotatable bonds is 1. The molecule has 84 valence electrons. The molecule has 3 heteroatoms. The molecule has 1 aromatic carbocycles. The molecular weight excluding hydrogens is 200 g/mol. The zero-order valence-electron chi connectivity index (χ0n) is 9.25. The van der Waals surface area contributed by atoms with E-state index in [1.807, 2.05) is 12.1 Å². The predicted molar refractivity (Wildman–Crippen MR) is 64.1 cm³/mol. The van der Waals surface area contributed by atoms with Crippen LogP contribution in [-0.2, 0) is 0 Å². The summed E-state index contributed by atoms with van der Waals surface area (Å²) in [6.07, 6.45) is 2.40. The lowest BCUT2D eigenvalue weighted by molar-refractivity contribution is 0.101. The monoisotopic (exact) mass is 216 g/mol. The molecular formula is C13H16N2O. The van der Waals surface area contributed by atoms with Crippen LogP contribution in [0.3, 0.4) is 0 Å². The molecule has 0 saturated carbocycles. The summed E-state index contributed by atoms with van der Waals surface area (Å²) >= 11 is 0. The lowest BCUT2D eigenvalue weighted by atomic mass is 9.87. The smallest absolute Gasteiger partial charge is 0.184 e. The van der Waals surface area contributed by atoms with Crippen molar-refractivity contribution >= 4 is 11.5 Å². The summed E-state index contributed by atoms with van der Waals surface area (Å²) < 4.78 is 0. The highest BCUT2D eigenvalue weighted by molar-refractivity contribution is 6.09. The van der Waals surface area contributed by atoms with Crippen LogP contribution in [0.25, 0.3) is 0 Å². The van der Waals surface area contributed by atoms with Crippen LogP contribution in [-0.4, -0.2) is 25.4 Å². The number of benzene rings is 1. The minimum Gasteiger partial charge on any atom is -0.377 e. The summed E-state index contributed by atoms with van der Waals surface area (Å²) in [6.45, 7) is 2.58. The highest BCUT2D eigenvalue weighted by Gasteiger charge is 2.26. The Bertz CT molecular complexity index is 422. The van der Waals surface area contributed by atoms with Gasteiger partial charge in [0.15, 0.2) is 5.78 Å². The minimum atomic E-state index is 0.246. The van der Waals surface area contributed by atoms with Crippen LogP contribution in [0, 0.1) is 0 Å². The molecule has 1 saturated heterocycles. The van der Waals surface area contributed by atoms with Gasteiger partial charge in [-0.25, -0.2) is 0 Å². The second-order valence-electron chi connectivity index (χ2n) is 4.59. The number of hydrogen-bond acceptors (Lipinski definition) is 3. The highest BCUT2D eigenvalue weighted by atomic mass is 16.1. The average molecular weight is 216 g/mol. The molecule has 0 aromatic heterocycles. The first-order chi connectivity index (χ1) is 7.86. The van der Waals surface area contributed by atoms with Gasteiger partial charge < -0.3 is 10.6 Å². The van der Waals surface area contributed by atoms with Crippen molar-refractivity contribution in [2.75, 3.05) is 25.0 Å². The first kappa shape index (κ1) is 9.85. The van der Waals surface area contributed by atoms with Crippen LogP contribution in [0.15, 0.2) is 18.2 Å². The molecule has 2 N–H and O–H groups in total. The number of ketones is 1. The largest absolute Gasteiger partial charge is 0.377 e. The van der Waals surface area contributed by atoms with Gasteiger partial charge in [0.25, 0.3) is 0 Å². The van der Waals surface area contributed by atoms with Crippen molar-refractivity contribution in [3.05, 3.63) is 29.3 Å². The lowest BCUT2D eigenvalue weighted by Gasteiger charge is -2.24. The topological polar surface area (TPSA) is 41.1 Å². The number of carbonyl (C=O) groups is 1. The molecule has 1 aromatic rings. The van der Waals surface area contributed by atoms with Crippen LogP contribution in [0.1, 0.15) is 34.7 Å². The summed E-state index contributed by atoms with van der Waals surface area (Å²) in [5, 5.41) is 6.57. The van der Waals surface area contributed by atoms with E-state index in [0.717, 1.165) is 24.3 Å². The third-order valence-corrected chi connectivity index (χ3v) is 3.55.